The Labute approximate surface area is 170 Å². The quantitative estimate of drug-likeness (QED) is 0.495. The van der Waals surface area contributed by atoms with Crippen molar-refractivity contribution in [3.63, 3.8) is 0 Å². The van der Waals surface area contributed by atoms with Gasteiger partial charge in [-0.3, -0.25) is 19.7 Å². The fourth-order valence-electron chi connectivity index (χ4n) is 3.16. The number of carbonyl (C=O) groups excluding carboxylic acids is 3. The van der Waals surface area contributed by atoms with Crippen LogP contribution >= 0.6 is 11.8 Å². The number of rotatable bonds is 8. The average molecular weight is 405 g/mol. The van der Waals surface area contributed by atoms with E-state index in [0.29, 0.717) is 6.54 Å². The highest BCUT2D eigenvalue weighted by molar-refractivity contribution is 8.00. The molecule has 8 heteroatoms. The second-order valence-electron chi connectivity index (χ2n) is 6.95. The molecule has 0 radical (unpaired) electrons. The maximum Gasteiger partial charge on any atom is 0.234 e. The second-order valence-corrected chi connectivity index (χ2v) is 8.04. The summed E-state index contributed by atoms with van der Waals surface area (Å²) < 4.78 is 0. The van der Waals surface area contributed by atoms with Gasteiger partial charge in [0.05, 0.1) is 5.75 Å². The predicted molar refractivity (Wildman–Crippen MR) is 113 cm³/mol. The van der Waals surface area contributed by atoms with E-state index in [1.165, 1.54) is 11.8 Å². The molecule has 7 nitrogen and oxygen atoms in total. The van der Waals surface area contributed by atoms with Crippen molar-refractivity contribution < 1.29 is 14.4 Å². The number of anilines is 1. The van der Waals surface area contributed by atoms with E-state index in [9.17, 15) is 14.4 Å². The number of hydrogen-bond acceptors (Lipinski definition) is 5. The molecule has 1 heterocycles. The van der Waals surface area contributed by atoms with E-state index in [1.807, 2.05) is 32.9 Å². The van der Waals surface area contributed by atoms with E-state index < -0.39 is 5.50 Å². The van der Waals surface area contributed by atoms with Gasteiger partial charge in [-0.1, -0.05) is 23.8 Å². The summed E-state index contributed by atoms with van der Waals surface area (Å²) in [5, 5.41) is 11.7. The van der Waals surface area contributed by atoms with Crippen molar-refractivity contribution in [3.05, 3.63) is 41.5 Å². The van der Waals surface area contributed by atoms with Gasteiger partial charge in [-0.05, 0) is 31.9 Å². The van der Waals surface area contributed by atoms with Gasteiger partial charge in [0.2, 0.25) is 17.7 Å². The van der Waals surface area contributed by atoms with E-state index in [1.54, 1.807) is 6.08 Å². The molecule has 0 aromatic heterocycles. The Morgan fingerprint density at radius 2 is 1.93 bits per heavy atom. The summed E-state index contributed by atoms with van der Waals surface area (Å²) in [7, 11) is 0. The van der Waals surface area contributed by atoms with Crippen molar-refractivity contribution in [2.75, 3.05) is 17.6 Å². The average Bonchev–Trinajstić information content (AvgIpc) is 2.60. The standard InChI is InChI=1S/C20H28N4O3S/c1-5-6-21-16(25)9-15-10-17(26)24-20(22-15)28-11-18(27)23-19-13(3)7-12(2)8-14(19)4/h5,7-8,15,20,22H,1,6,9-11H2,2-4H3,(H,21,25)(H,23,27)(H,24,26). The molecule has 1 aromatic carbocycles. The fourth-order valence-corrected chi connectivity index (χ4v) is 4.05. The van der Waals surface area contributed by atoms with Crippen molar-refractivity contribution in [1.82, 2.24) is 16.0 Å². The van der Waals surface area contributed by atoms with Crippen LogP contribution in [0.4, 0.5) is 5.69 Å². The highest BCUT2D eigenvalue weighted by atomic mass is 32.2. The van der Waals surface area contributed by atoms with Gasteiger partial charge in [0, 0.05) is 31.1 Å². The third kappa shape index (κ3) is 6.69. The largest absolute Gasteiger partial charge is 0.353 e. The van der Waals surface area contributed by atoms with Crippen LogP contribution in [0.2, 0.25) is 0 Å². The summed E-state index contributed by atoms with van der Waals surface area (Å²) in [6, 6.07) is 3.79. The molecular weight excluding hydrogens is 376 g/mol. The lowest BCUT2D eigenvalue weighted by Crippen LogP contribution is -2.56. The first-order valence-corrected chi connectivity index (χ1v) is 10.3. The lowest BCUT2D eigenvalue weighted by atomic mass is 10.1. The van der Waals surface area contributed by atoms with Gasteiger partial charge in [-0.25, -0.2) is 0 Å². The first-order valence-electron chi connectivity index (χ1n) is 9.20. The van der Waals surface area contributed by atoms with Crippen LogP contribution < -0.4 is 21.3 Å². The molecule has 2 unspecified atom stereocenters. The van der Waals surface area contributed by atoms with Gasteiger partial charge < -0.3 is 16.0 Å². The minimum Gasteiger partial charge on any atom is -0.353 e. The summed E-state index contributed by atoms with van der Waals surface area (Å²) in [5.74, 6) is -0.232. The summed E-state index contributed by atoms with van der Waals surface area (Å²) in [4.78, 5) is 36.1. The van der Waals surface area contributed by atoms with E-state index in [4.69, 9.17) is 0 Å². The van der Waals surface area contributed by atoms with Crippen LogP contribution in [-0.4, -0.2) is 41.6 Å². The Morgan fingerprint density at radius 3 is 2.57 bits per heavy atom. The molecule has 2 rings (SSSR count). The molecule has 152 valence electrons. The molecule has 1 fully saturated rings. The van der Waals surface area contributed by atoms with E-state index in [2.05, 4.69) is 27.8 Å². The van der Waals surface area contributed by atoms with Crippen molar-refractivity contribution in [1.29, 1.82) is 0 Å². The molecule has 1 aromatic rings. The SMILES string of the molecule is C=CCNC(=O)CC1CC(=O)NC(SCC(=O)Nc2c(C)cc(C)cc2C)N1. The molecule has 0 bridgehead atoms. The van der Waals surface area contributed by atoms with Gasteiger partial charge in [0.25, 0.3) is 0 Å². The Kier molecular flexibility index (Phi) is 8.07. The zero-order valence-corrected chi connectivity index (χ0v) is 17.4. The third-order valence-electron chi connectivity index (χ3n) is 4.31. The highest BCUT2D eigenvalue weighted by Gasteiger charge is 2.28. The van der Waals surface area contributed by atoms with Crippen LogP contribution in [-0.2, 0) is 14.4 Å². The molecule has 0 spiro atoms. The maximum absolute atomic E-state index is 12.4. The minimum atomic E-state index is -0.413. The molecule has 3 amide bonds. The van der Waals surface area contributed by atoms with Gasteiger partial charge in [-0.15, -0.1) is 18.3 Å². The van der Waals surface area contributed by atoms with Crippen molar-refractivity contribution in [2.24, 2.45) is 0 Å². The van der Waals surface area contributed by atoms with Crippen molar-refractivity contribution >= 4 is 35.2 Å². The normalized spacial score (nSPS) is 18.9. The number of benzene rings is 1. The summed E-state index contributed by atoms with van der Waals surface area (Å²) in [5.41, 5.74) is 3.61. The number of thioether (sulfide) groups is 1. The molecule has 4 N–H and O–H groups in total. The lowest BCUT2D eigenvalue weighted by molar-refractivity contribution is -0.125. The third-order valence-corrected chi connectivity index (χ3v) is 5.32. The molecule has 0 aliphatic carbocycles. The zero-order valence-electron chi connectivity index (χ0n) is 16.6. The van der Waals surface area contributed by atoms with E-state index >= 15 is 0 Å². The molecule has 1 saturated heterocycles. The second kappa shape index (κ2) is 10.3. The molecule has 1 aliphatic heterocycles. The number of nitrogens with one attached hydrogen (secondary N) is 4. The maximum atomic E-state index is 12.4. The van der Waals surface area contributed by atoms with Crippen LogP contribution in [0, 0.1) is 20.8 Å². The van der Waals surface area contributed by atoms with E-state index in [-0.39, 0.29) is 42.4 Å². The monoisotopic (exact) mass is 404 g/mol. The van der Waals surface area contributed by atoms with E-state index in [0.717, 1.165) is 22.4 Å². The number of amides is 3. The Balaban J connectivity index is 1.85. The Morgan fingerprint density at radius 1 is 1.25 bits per heavy atom. The van der Waals surface area contributed by atoms with Crippen molar-refractivity contribution in [2.45, 2.75) is 45.2 Å². The highest BCUT2D eigenvalue weighted by Crippen LogP contribution is 2.22. The van der Waals surface area contributed by atoms with Crippen LogP contribution in [0.5, 0.6) is 0 Å². The van der Waals surface area contributed by atoms with Crippen LogP contribution in [0.15, 0.2) is 24.8 Å². The van der Waals surface area contributed by atoms with Crippen LogP contribution in [0.25, 0.3) is 0 Å². The number of carbonyl (C=O) groups is 3. The summed E-state index contributed by atoms with van der Waals surface area (Å²) >= 11 is 1.29. The first kappa shape index (κ1) is 22.0. The summed E-state index contributed by atoms with van der Waals surface area (Å²) in [6.45, 7) is 9.90. The molecule has 0 saturated carbocycles. The zero-order chi connectivity index (χ0) is 20.7. The smallest absolute Gasteiger partial charge is 0.234 e. The predicted octanol–water partition coefficient (Wildman–Crippen LogP) is 1.74. The minimum absolute atomic E-state index is 0.136. The topological polar surface area (TPSA) is 99.3 Å². The van der Waals surface area contributed by atoms with Crippen LogP contribution in [0.3, 0.4) is 0 Å². The van der Waals surface area contributed by atoms with Crippen molar-refractivity contribution in [3.8, 4) is 0 Å². The lowest BCUT2D eigenvalue weighted by Gasteiger charge is -2.30. The number of hydrogen-bond donors (Lipinski definition) is 4. The van der Waals surface area contributed by atoms with Gasteiger partial charge in [0.15, 0.2) is 0 Å². The molecular formula is C20H28N4O3S. The Hall–Kier alpha value is -2.32. The molecule has 1 aliphatic rings. The van der Waals surface area contributed by atoms with Gasteiger partial charge >= 0.3 is 0 Å². The Bertz CT molecular complexity index is 743. The molecule has 28 heavy (non-hydrogen) atoms. The summed E-state index contributed by atoms with van der Waals surface area (Å²) in [6.07, 6.45) is 2.03. The van der Waals surface area contributed by atoms with Crippen LogP contribution in [0.1, 0.15) is 29.5 Å². The number of aryl methyl sites for hydroxylation is 3. The van der Waals surface area contributed by atoms with Gasteiger partial charge in [0.1, 0.15) is 5.50 Å². The first-order chi connectivity index (χ1) is 13.3. The van der Waals surface area contributed by atoms with Gasteiger partial charge in [-0.2, -0.15) is 0 Å². The fraction of sp³-hybridized carbons (Fsp3) is 0.450. The molecule has 2 atom stereocenters.